The number of rotatable bonds is 4. The Morgan fingerprint density at radius 3 is 2.48 bits per heavy atom. The minimum absolute atomic E-state index is 0.163. The van der Waals surface area contributed by atoms with Crippen molar-refractivity contribution in [3.63, 3.8) is 0 Å². The van der Waals surface area contributed by atoms with Crippen molar-refractivity contribution >= 4 is 17.2 Å². The molecule has 3 rings (SSSR count). The summed E-state index contributed by atoms with van der Waals surface area (Å²) in [5.74, 6) is 0.431. The first-order valence-corrected chi connectivity index (χ1v) is 7.81. The second-order valence-corrected chi connectivity index (χ2v) is 5.56. The summed E-state index contributed by atoms with van der Waals surface area (Å²) < 4.78 is 5.77. The van der Waals surface area contributed by atoms with Crippen LogP contribution < -0.4 is 9.64 Å². The molecule has 0 bridgehead atoms. The van der Waals surface area contributed by atoms with Crippen molar-refractivity contribution in [3.8, 4) is 17.9 Å². The predicted molar refractivity (Wildman–Crippen MR) is 93.6 cm³/mol. The number of allylic oxidation sites excluding steroid dienone is 1. The van der Waals surface area contributed by atoms with Gasteiger partial charge in [0, 0.05) is 5.56 Å². The van der Waals surface area contributed by atoms with Gasteiger partial charge in [-0.3, -0.25) is 4.79 Å². The number of nitrogens with zero attached hydrogens (tertiary/aromatic N) is 3. The standard InChI is InChI=1S/C20H15N3O2/c1-14-6-2-5-9-18(14)25-11-10-23-17-8-4-3-7-16(17)19(20(23)24)15(12-21)13-22/h2-9H,10-11H2,1H3. The molecule has 1 heterocycles. The van der Waals surface area contributed by atoms with Crippen LogP contribution in [-0.4, -0.2) is 19.1 Å². The third-order valence-corrected chi connectivity index (χ3v) is 4.06. The highest BCUT2D eigenvalue weighted by Gasteiger charge is 2.34. The largest absolute Gasteiger partial charge is 0.491 e. The molecule has 1 aliphatic rings. The van der Waals surface area contributed by atoms with Crippen molar-refractivity contribution in [2.75, 3.05) is 18.1 Å². The van der Waals surface area contributed by atoms with Crippen LogP contribution in [0.1, 0.15) is 11.1 Å². The lowest BCUT2D eigenvalue weighted by atomic mass is 10.0. The number of para-hydroxylation sites is 2. The highest BCUT2D eigenvalue weighted by Crippen LogP contribution is 2.37. The molecule has 1 aliphatic heterocycles. The summed E-state index contributed by atoms with van der Waals surface area (Å²) in [5.41, 5.74) is 2.32. The average molecular weight is 329 g/mol. The van der Waals surface area contributed by atoms with Crippen LogP contribution in [0.15, 0.2) is 54.1 Å². The average Bonchev–Trinajstić information content (AvgIpc) is 2.91. The summed E-state index contributed by atoms with van der Waals surface area (Å²) in [6.45, 7) is 2.60. The first-order chi connectivity index (χ1) is 12.2. The van der Waals surface area contributed by atoms with Gasteiger partial charge in [0.25, 0.3) is 5.91 Å². The number of hydrogen-bond acceptors (Lipinski definition) is 4. The van der Waals surface area contributed by atoms with Crippen molar-refractivity contribution in [2.24, 2.45) is 0 Å². The summed E-state index contributed by atoms with van der Waals surface area (Å²) in [4.78, 5) is 14.3. The number of aryl methyl sites for hydroxylation is 1. The van der Waals surface area contributed by atoms with E-state index in [9.17, 15) is 4.79 Å². The highest BCUT2D eigenvalue weighted by atomic mass is 16.5. The van der Waals surface area contributed by atoms with Gasteiger partial charge in [0.15, 0.2) is 0 Å². The van der Waals surface area contributed by atoms with Gasteiger partial charge < -0.3 is 9.64 Å². The van der Waals surface area contributed by atoms with Gasteiger partial charge in [0.05, 0.1) is 17.8 Å². The highest BCUT2D eigenvalue weighted by molar-refractivity contribution is 6.34. The van der Waals surface area contributed by atoms with Gasteiger partial charge in [-0.05, 0) is 24.6 Å². The van der Waals surface area contributed by atoms with Gasteiger partial charge in [0.1, 0.15) is 30.1 Å². The molecule has 0 saturated heterocycles. The van der Waals surface area contributed by atoms with Crippen LogP contribution in [-0.2, 0) is 4.79 Å². The Morgan fingerprint density at radius 1 is 1.08 bits per heavy atom. The van der Waals surface area contributed by atoms with Gasteiger partial charge >= 0.3 is 0 Å². The van der Waals surface area contributed by atoms with E-state index in [1.54, 1.807) is 23.1 Å². The van der Waals surface area contributed by atoms with E-state index in [4.69, 9.17) is 15.3 Å². The van der Waals surface area contributed by atoms with Crippen LogP contribution in [0.5, 0.6) is 5.75 Å². The Hall–Kier alpha value is -3.57. The molecule has 0 saturated carbocycles. The quantitative estimate of drug-likeness (QED) is 0.637. The van der Waals surface area contributed by atoms with Crippen molar-refractivity contribution in [2.45, 2.75) is 6.92 Å². The Kier molecular flexibility index (Phi) is 4.50. The SMILES string of the molecule is Cc1ccccc1OCCN1C(=O)C(=C(C#N)C#N)c2ccccc21. The van der Waals surface area contributed by atoms with Gasteiger partial charge in [-0.1, -0.05) is 36.4 Å². The van der Waals surface area contributed by atoms with Gasteiger partial charge in [-0.25, -0.2) is 0 Å². The van der Waals surface area contributed by atoms with Crippen LogP contribution >= 0.6 is 0 Å². The van der Waals surface area contributed by atoms with E-state index in [1.165, 1.54) is 0 Å². The van der Waals surface area contributed by atoms with Crippen molar-refractivity contribution in [1.82, 2.24) is 0 Å². The summed E-state index contributed by atoms with van der Waals surface area (Å²) in [5, 5.41) is 18.3. The van der Waals surface area contributed by atoms with Crippen LogP contribution in [0.2, 0.25) is 0 Å². The molecule has 122 valence electrons. The lowest BCUT2D eigenvalue weighted by Crippen LogP contribution is -2.31. The molecule has 5 nitrogen and oxygen atoms in total. The topological polar surface area (TPSA) is 77.1 Å². The molecule has 0 radical (unpaired) electrons. The minimum Gasteiger partial charge on any atom is -0.491 e. The number of fused-ring (bicyclic) bond motifs is 1. The fraction of sp³-hybridized carbons (Fsp3) is 0.150. The molecule has 0 N–H and O–H groups in total. The summed E-state index contributed by atoms with van der Waals surface area (Å²) >= 11 is 0. The normalized spacial score (nSPS) is 12.4. The van der Waals surface area contributed by atoms with E-state index in [1.807, 2.05) is 49.4 Å². The zero-order valence-corrected chi connectivity index (χ0v) is 13.7. The van der Waals surface area contributed by atoms with Gasteiger partial charge in [0.2, 0.25) is 0 Å². The second-order valence-electron chi connectivity index (χ2n) is 5.56. The van der Waals surface area contributed by atoms with Crippen LogP contribution in [0.25, 0.3) is 5.57 Å². The maximum atomic E-state index is 12.7. The summed E-state index contributed by atoms with van der Waals surface area (Å²) in [6.07, 6.45) is 0. The minimum atomic E-state index is -0.340. The lowest BCUT2D eigenvalue weighted by Gasteiger charge is -2.18. The second kappa shape index (κ2) is 6.90. The van der Waals surface area contributed by atoms with E-state index < -0.39 is 0 Å². The molecular formula is C20H15N3O2. The maximum absolute atomic E-state index is 12.7. The molecule has 2 aromatic carbocycles. The molecule has 0 aliphatic carbocycles. The van der Waals surface area contributed by atoms with E-state index in [0.29, 0.717) is 24.4 Å². The maximum Gasteiger partial charge on any atom is 0.261 e. The molecular weight excluding hydrogens is 314 g/mol. The monoisotopic (exact) mass is 329 g/mol. The molecule has 1 amide bonds. The van der Waals surface area contributed by atoms with Crippen LogP contribution in [0.3, 0.4) is 0 Å². The zero-order valence-electron chi connectivity index (χ0n) is 13.7. The van der Waals surface area contributed by atoms with E-state index in [2.05, 4.69) is 0 Å². The number of anilines is 1. The van der Waals surface area contributed by atoms with Crippen molar-refractivity contribution in [1.29, 1.82) is 10.5 Å². The van der Waals surface area contributed by atoms with E-state index in [-0.39, 0.29) is 17.1 Å². The fourth-order valence-corrected chi connectivity index (χ4v) is 2.85. The number of hydrogen-bond donors (Lipinski definition) is 0. The first-order valence-electron chi connectivity index (χ1n) is 7.81. The number of carbonyl (C=O) groups excluding carboxylic acids is 1. The molecule has 25 heavy (non-hydrogen) atoms. The Labute approximate surface area is 146 Å². The number of ether oxygens (including phenoxy) is 1. The summed E-state index contributed by atoms with van der Waals surface area (Å²) in [7, 11) is 0. The van der Waals surface area contributed by atoms with Gasteiger partial charge in [-0.15, -0.1) is 0 Å². The molecule has 0 spiro atoms. The number of benzene rings is 2. The molecule has 0 fully saturated rings. The zero-order chi connectivity index (χ0) is 17.8. The lowest BCUT2D eigenvalue weighted by molar-refractivity contribution is -0.113. The predicted octanol–water partition coefficient (Wildman–Crippen LogP) is 3.22. The third kappa shape index (κ3) is 2.96. The smallest absolute Gasteiger partial charge is 0.261 e. The van der Waals surface area contributed by atoms with Gasteiger partial charge in [-0.2, -0.15) is 10.5 Å². The van der Waals surface area contributed by atoms with Crippen LogP contribution in [0, 0.1) is 29.6 Å². The molecule has 0 atom stereocenters. The fourth-order valence-electron chi connectivity index (χ4n) is 2.85. The molecule has 5 heteroatoms. The molecule has 2 aromatic rings. The Bertz CT molecular complexity index is 932. The first kappa shape index (κ1) is 16.3. The number of nitriles is 2. The van der Waals surface area contributed by atoms with Crippen molar-refractivity contribution < 1.29 is 9.53 Å². The molecule has 0 aromatic heterocycles. The van der Waals surface area contributed by atoms with Crippen LogP contribution in [0.4, 0.5) is 5.69 Å². The Morgan fingerprint density at radius 2 is 1.76 bits per heavy atom. The third-order valence-electron chi connectivity index (χ3n) is 4.06. The van der Waals surface area contributed by atoms with E-state index >= 15 is 0 Å². The number of carbonyl (C=O) groups is 1. The summed E-state index contributed by atoms with van der Waals surface area (Å²) in [6, 6.07) is 18.5. The van der Waals surface area contributed by atoms with Crippen molar-refractivity contribution in [3.05, 3.63) is 65.2 Å². The Balaban J connectivity index is 1.85. The van der Waals surface area contributed by atoms with E-state index in [0.717, 1.165) is 11.3 Å². The molecule has 0 unspecified atom stereocenters. The number of amides is 1.